The van der Waals surface area contributed by atoms with Gasteiger partial charge in [-0.2, -0.15) is 5.26 Å². The maximum Gasteiger partial charge on any atom is 0.243 e. The highest BCUT2D eigenvalue weighted by Crippen LogP contribution is 2.41. The summed E-state index contributed by atoms with van der Waals surface area (Å²) in [6.07, 6.45) is 1.06. The van der Waals surface area contributed by atoms with Gasteiger partial charge in [-0.3, -0.25) is 14.5 Å². The monoisotopic (exact) mass is 628 g/mol. The van der Waals surface area contributed by atoms with Gasteiger partial charge in [0.2, 0.25) is 11.8 Å². The van der Waals surface area contributed by atoms with Crippen molar-refractivity contribution in [3.05, 3.63) is 148 Å². The molecule has 2 amide bonds. The van der Waals surface area contributed by atoms with Gasteiger partial charge in [0.1, 0.15) is 16.3 Å². The van der Waals surface area contributed by atoms with Crippen LogP contribution in [0.5, 0.6) is 0 Å². The summed E-state index contributed by atoms with van der Waals surface area (Å²) in [6, 6.07) is 39.6. The molecule has 5 aromatic rings. The van der Waals surface area contributed by atoms with E-state index in [0.29, 0.717) is 16.3 Å². The Morgan fingerprint density at radius 3 is 2.27 bits per heavy atom. The van der Waals surface area contributed by atoms with Crippen LogP contribution in [0.25, 0.3) is 0 Å². The zero-order valence-corrected chi connectivity index (χ0v) is 26.2. The first-order chi connectivity index (χ1) is 22.1. The van der Waals surface area contributed by atoms with E-state index >= 15 is 0 Å². The third-order valence-corrected chi connectivity index (χ3v) is 10.0. The summed E-state index contributed by atoms with van der Waals surface area (Å²) in [6.45, 7) is 2.46. The summed E-state index contributed by atoms with van der Waals surface area (Å²) < 4.78 is 0. The number of carbonyl (C=O) groups excluding carboxylic acids is 2. The highest BCUT2D eigenvalue weighted by atomic mass is 32.2. The maximum absolute atomic E-state index is 14.0. The molecule has 1 aliphatic rings. The van der Waals surface area contributed by atoms with Crippen molar-refractivity contribution in [3.8, 4) is 6.07 Å². The van der Waals surface area contributed by atoms with Crippen molar-refractivity contribution < 1.29 is 9.59 Å². The van der Waals surface area contributed by atoms with Crippen LogP contribution in [-0.2, 0) is 35.5 Å². The molecule has 8 heteroatoms. The fraction of sp³-hybridized carbons (Fsp3) is 0.162. The molecular formula is C37H32N4O2S2. The van der Waals surface area contributed by atoms with Gasteiger partial charge in [0.05, 0.1) is 12.0 Å². The van der Waals surface area contributed by atoms with E-state index in [0.717, 1.165) is 52.5 Å². The number of thioether (sulfide) groups is 1. The topological polar surface area (TPSA) is 85.2 Å². The molecule has 6 rings (SSSR count). The average Bonchev–Trinajstić information content (AvgIpc) is 3.41. The molecule has 0 saturated carbocycles. The number of thiophene rings is 1. The van der Waals surface area contributed by atoms with Crippen LogP contribution < -0.4 is 10.6 Å². The van der Waals surface area contributed by atoms with Crippen molar-refractivity contribution in [2.24, 2.45) is 0 Å². The van der Waals surface area contributed by atoms with Gasteiger partial charge in [-0.1, -0.05) is 97.1 Å². The van der Waals surface area contributed by atoms with E-state index in [1.54, 1.807) is 0 Å². The summed E-state index contributed by atoms with van der Waals surface area (Å²) in [5.41, 5.74) is 5.34. The second kappa shape index (κ2) is 14.4. The lowest BCUT2D eigenvalue weighted by Crippen LogP contribution is -2.29. The summed E-state index contributed by atoms with van der Waals surface area (Å²) in [5, 5.41) is 16.3. The molecule has 2 heterocycles. The summed E-state index contributed by atoms with van der Waals surface area (Å²) in [7, 11) is 0. The first kappa shape index (κ1) is 30.4. The van der Waals surface area contributed by atoms with Gasteiger partial charge in [0.15, 0.2) is 0 Å². The van der Waals surface area contributed by atoms with E-state index in [2.05, 4.69) is 45.9 Å². The van der Waals surface area contributed by atoms with Crippen LogP contribution >= 0.6 is 23.1 Å². The predicted molar refractivity (Wildman–Crippen MR) is 182 cm³/mol. The van der Waals surface area contributed by atoms with Crippen molar-refractivity contribution in [2.75, 3.05) is 17.2 Å². The van der Waals surface area contributed by atoms with Crippen LogP contribution in [0.1, 0.15) is 37.9 Å². The SMILES string of the molecule is N#Cc1c(NC(=O)C(Sc2cccc(NC(=O)Cc3ccccc3)c2)c2ccccc2)sc2c1CCN(Cc1ccccc1)C2. The molecule has 0 saturated heterocycles. The number of carbonyl (C=O) groups is 2. The predicted octanol–water partition coefficient (Wildman–Crippen LogP) is 7.83. The number of benzene rings is 4. The number of nitrogens with zero attached hydrogens (tertiary/aromatic N) is 2. The van der Waals surface area contributed by atoms with Crippen LogP contribution in [0.3, 0.4) is 0 Å². The first-order valence-electron chi connectivity index (χ1n) is 14.8. The van der Waals surface area contributed by atoms with E-state index in [1.807, 2.05) is 91.0 Å². The molecule has 224 valence electrons. The Kier molecular flexibility index (Phi) is 9.71. The Morgan fingerprint density at radius 1 is 0.867 bits per heavy atom. The van der Waals surface area contributed by atoms with E-state index < -0.39 is 5.25 Å². The van der Waals surface area contributed by atoms with Gasteiger partial charge in [0, 0.05) is 35.1 Å². The quantitative estimate of drug-likeness (QED) is 0.154. The highest BCUT2D eigenvalue weighted by molar-refractivity contribution is 8.00. The largest absolute Gasteiger partial charge is 0.326 e. The summed E-state index contributed by atoms with van der Waals surface area (Å²) in [5.74, 6) is -0.297. The Bertz CT molecular complexity index is 1820. The number of hydrogen-bond donors (Lipinski definition) is 2. The molecule has 6 nitrogen and oxygen atoms in total. The van der Waals surface area contributed by atoms with Crippen molar-refractivity contribution in [2.45, 2.75) is 36.1 Å². The molecule has 0 aliphatic carbocycles. The molecule has 45 heavy (non-hydrogen) atoms. The fourth-order valence-electron chi connectivity index (χ4n) is 5.49. The minimum Gasteiger partial charge on any atom is -0.326 e. The van der Waals surface area contributed by atoms with Gasteiger partial charge < -0.3 is 10.6 Å². The number of rotatable bonds is 10. The molecule has 4 aromatic carbocycles. The van der Waals surface area contributed by atoms with Gasteiger partial charge >= 0.3 is 0 Å². The summed E-state index contributed by atoms with van der Waals surface area (Å²) >= 11 is 2.92. The standard InChI is InChI=1S/C37H32N4O2S2/c38-23-32-31-19-20-41(24-27-13-6-2-7-14-27)25-33(31)45-37(32)40-36(43)35(28-15-8-3-9-16-28)44-30-18-10-17-29(22-30)39-34(42)21-26-11-4-1-5-12-26/h1-18,22,35H,19-21,24-25H2,(H,39,42)(H,40,43). The molecule has 0 radical (unpaired) electrons. The molecule has 1 aliphatic heterocycles. The minimum absolute atomic E-state index is 0.103. The van der Waals surface area contributed by atoms with Crippen molar-refractivity contribution >= 4 is 45.6 Å². The van der Waals surface area contributed by atoms with Crippen LogP contribution in [0.2, 0.25) is 0 Å². The number of nitrogens with one attached hydrogen (secondary N) is 2. The lowest BCUT2D eigenvalue weighted by Gasteiger charge is -2.26. The third kappa shape index (κ3) is 7.70. The summed E-state index contributed by atoms with van der Waals surface area (Å²) in [4.78, 5) is 31.0. The average molecular weight is 629 g/mol. The molecule has 1 aromatic heterocycles. The van der Waals surface area contributed by atoms with Crippen molar-refractivity contribution in [3.63, 3.8) is 0 Å². The fourth-order valence-corrected chi connectivity index (χ4v) is 7.81. The van der Waals surface area contributed by atoms with E-state index in [-0.39, 0.29) is 18.2 Å². The van der Waals surface area contributed by atoms with Crippen molar-refractivity contribution in [1.82, 2.24) is 4.90 Å². The van der Waals surface area contributed by atoms with Crippen LogP contribution in [0.15, 0.2) is 120 Å². The molecule has 2 N–H and O–H groups in total. The Morgan fingerprint density at radius 2 is 1.56 bits per heavy atom. The van der Waals surface area contributed by atoms with Gasteiger partial charge in [0.25, 0.3) is 0 Å². The van der Waals surface area contributed by atoms with Crippen LogP contribution in [-0.4, -0.2) is 23.3 Å². The molecule has 0 fully saturated rings. The Labute approximate surface area is 271 Å². The number of fused-ring (bicyclic) bond motifs is 1. The normalized spacial score (nSPS) is 13.3. The molecule has 0 spiro atoms. The van der Waals surface area contributed by atoms with Crippen LogP contribution in [0, 0.1) is 11.3 Å². The first-order valence-corrected chi connectivity index (χ1v) is 16.5. The lowest BCUT2D eigenvalue weighted by atomic mass is 10.0. The second-order valence-electron chi connectivity index (χ2n) is 10.9. The number of amides is 2. The number of hydrogen-bond acceptors (Lipinski definition) is 6. The van der Waals surface area contributed by atoms with E-state index in [4.69, 9.17) is 0 Å². The Balaban J connectivity index is 1.18. The molecule has 1 unspecified atom stereocenters. The van der Waals surface area contributed by atoms with Crippen molar-refractivity contribution in [1.29, 1.82) is 5.26 Å². The third-order valence-electron chi connectivity index (χ3n) is 7.65. The van der Waals surface area contributed by atoms with Crippen LogP contribution in [0.4, 0.5) is 10.7 Å². The van der Waals surface area contributed by atoms with E-state index in [1.165, 1.54) is 28.7 Å². The van der Waals surface area contributed by atoms with Gasteiger partial charge in [-0.25, -0.2) is 0 Å². The van der Waals surface area contributed by atoms with Gasteiger partial charge in [-0.05, 0) is 46.9 Å². The van der Waals surface area contributed by atoms with Gasteiger partial charge in [-0.15, -0.1) is 23.1 Å². The molecular weight excluding hydrogens is 597 g/mol. The molecule has 0 bridgehead atoms. The zero-order chi connectivity index (χ0) is 31.0. The number of anilines is 2. The zero-order valence-electron chi connectivity index (χ0n) is 24.6. The Hall–Kier alpha value is -4.68. The lowest BCUT2D eigenvalue weighted by molar-refractivity contribution is -0.116. The molecule has 1 atom stereocenters. The highest BCUT2D eigenvalue weighted by Gasteiger charge is 2.28. The maximum atomic E-state index is 14.0. The van der Waals surface area contributed by atoms with E-state index in [9.17, 15) is 14.9 Å². The second-order valence-corrected chi connectivity index (χ2v) is 13.2. The number of nitriles is 1. The smallest absolute Gasteiger partial charge is 0.243 e. The minimum atomic E-state index is -0.568.